The standard InChI is InChI=1S/C14H20N4O3/c1-20-12-2-4-15-14(16-12)18-7-5-17(6-8-18)13(19)11-3-9-21-10-11/h2,4,11H,3,5-10H2,1H3. The van der Waals surface area contributed by atoms with Gasteiger partial charge < -0.3 is 19.3 Å². The van der Waals surface area contributed by atoms with Crippen LogP contribution in [-0.2, 0) is 9.53 Å². The number of carbonyl (C=O) groups is 1. The summed E-state index contributed by atoms with van der Waals surface area (Å²) in [5.41, 5.74) is 0. The van der Waals surface area contributed by atoms with E-state index in [-0.39, 0.29) is 11.8 Å². The Morgan fingerprint density at radius 1 is 1.38 bits per heavy atom. The molecule has 1 unspecified atom stereocenters. The molecule has 3 rings (SSSR count). The maximum atomic E-state index is 12.3. The van der Waals surface area contributed by atoms with E-state index >= 15 is 0 Å². The Kier molecular flexibility index (Phi) is 4.19. The van der Waals surface area contributed by atoms with Crippen molar-refractivity contribution in [1.29, 1.82) is 0 Å². The van der Waals surface area contributed by atoms with Gasteiger partial charge in [0, 0.05) is 45.0 Å². The Labute approximate surface area is 123 Å². The van der Waals surface area contributed by atoms with Crippen LogP contribution in [0, 0.1) is 5.92 Å². The van der Waals surface area contributed by atoms with Gasteiger partial charge in [-0.3, -0.25) is 4.79 Å². The molecule has 0 N–H and O–H groups in total. The lowest BCUT2D eigenvalue weighted by Gasteiger charge is -2.35. The number of piperazine rings is 1. The minimum Gasteiger partial charge on any atom is -0.481 e. The molecule has 1 aromatic heterocycles. The second kappa shape index (κ2) is 6.26. The van der Waals surface area contributed by atoms with Gasteiger partial charge in [0.05, 0.1) is 19.6 Å². The van der Waals surface area contributed by atoms with Gasteiger partial charge in [-0.25, -0.2) is 4.98 Å². The molecule has 1 amide bonds. The lowest BCUT2D eigenvalue weighted by molar-refractivity contribution is -0.135. The highest BCUT2D eigenvalue weighted by Gasteiger charge is 2.30. The van der Waals surface area contributed by atoms with Gasteiger partial charge in [-0.15, -0.1) is 0 Å². The zero-order valence-corrected chi connectivity index (χ0v) is 12.2. The molecular weight excluding hydrogens is 272 g/mol. The van der Waals surface area contributed by atoms with E-state index in [1.54, 1.807) is 19.4 Å². The maximum absolute atomic E-state index is 12.3. The highest BCUT2D eigenvalue weighted by Crippen LogP contribution is 2.19. The molecule has 0 aromatic carbocycles. The third kappa shape index (κ3) is 3.07. The average Bonchev–Trinajstić information content (AvgIpc) is 3.09. The van der Waals surface area contributed by atoms with Crippen LogP contribution in [0.25, 0.3) is 0 Å². The van der Waals surface area contributed by atoms with E-state index in [2.05, 4.69) is 14.9 Å². The molecule has 7 heteroatoms. The molecule has 0 bridgehead atoms. The highest BCUT2D eigenvalue weighted by molar-refractivity contribution is 5.79. The van der Waals surface area contributed by atoms with Crippen molar-refractivity contribution in [2.45, 2.75) is 6.42 Å². The molecule has 2 saturated heterocycles. The quantitative estimate of drug-likeness (QED) is 0.791. The fourth-order valence-corrected chi connectivity index (χ4v) is 2.71. The largest absolute Gasteiger partial charge is 0.481 e. The van der Waals surface area contributed by atoms with Crippen LogP contribution in [0.4, 0.5) is 5.95 Å². The number of aromatic nitrogens is 2. The summed E-state index contributed by atoms with van der Waals surface area (Å²) in [6.45, 7) is 4.16. The molecule has 0 spiro atoms. The van der Waals surface area contributed by atoms with Gasteiger partial charge in [-0.1, -0.05) is 0 Å². The molecule has 21 heavy (non-hydrogen) atoms. The van der Waals surface area contributed by atoms with Crippen molar-refractivity contribution in [3.8, 4) is 5.88 Å². The highest BCUT2D eigenvalue weighted by atomic mass is 16.5. The number of ether oxygens (including phenoxy) is 2. The van der Waals surface area contributed by atoms with E-state index in [0.717, 1.165) is 19.5 Å². The molecule has 2 aliphatic heterocycles. The molecule has 1 atom stereocenters. The van der Waals surface area contributed by atoms with Gasteiger partial charge in [0.1, 0.15) is 0 Å². The first-order valence-electron chi connectivity index (χ1n) is 7.26. The second-order valence-corrected chi connectivity index (χ2v) is 5.27. The van der Waals surface area contributed by atoms with Crippen molar-refractivity contribution in [1.82, 2.24) is 14.9 Å². The van der Waals surface area contributed by atoms with Gasteiger partial charge in [0.15, 0.2) is 0 Å². The molecule has 1 aromatic rings. The monoisotopic (exact) mass is 292 g/mol. The number of methoxy groups -OCH3 is 1. The van der Waals surface area contributed by atoms with Gasteiger partial charge in [0.2, 0.25) is 17.7 Å². The Hall–Kier alpha value is -1.89. The zero-order valence-electron chi connectivity index (χ0n) is 12.2. The molecule has 0 saturated carbocycles. The van der Waals surface area contributed by atoms with Crippen molar-refractivity contribution in [2.24, 2.45) is 5.92 Å². The summed E-state index contributed by atoms with van der Waals surface area (Å²) in [6.07, 6.45) is 2.53. The Morgan fingerprint density at radius 2 is 2.19 bits per heavy atom. The van der Waals surface area contributed by atoms with Crippen molar-refractivity contribution in [3.63, 3.8) is 0 Å². The Morgan fingerprint density at radius 3 is 2.86 bits per heavy atom. The van der Waals surface area contributed by atoms with E-state index < -0.39 is 0 Å². The summed E-state index contributed by atoms with van der Waals surface area (Å²) in [4.78, 5) is 24.9. The van der Waals surface area contributed by atoms with Crippen molar-refractivity contribution < 1.29 is 14.3 Å². The summed E-state index contributed by atoms with van der Waals surface area (Å²) >= 11 is 0. The summed E-state index contributed by atoms with van der Waals surface area (Å²) in [6, 6.07) is 1.73. The zero-order chi connectivity index (χ0) is 14.7. The third-order valence-electron chi connectivity index (χ3n) is 3.98. The number of nitrogens with zero attached hydrogens (tertiary/aromatic N) is 4. The van der Waals surface area contributed by atoms with E-state index in [4.69, 9.17) is 9.47 Å². The number of hydrogen-bond acceptors (Lipinski definition) is 6. The summed E-state index contributed by atoms with van der Waals surface area (Å²) in [7, 11) is 1.59. The first kappa shape index (κ1) is 14.1. The van der Waals surface area contributed by atoms with Crippen LogP contribution >= 0.6 is 0 Å². The third-order valence-corrected chi connectivity index (χ3v) is 3.98. The number of amides is 1. The van der Waals surface area contributed by atoms with E-state index in [1.807, 2.05) is 4.90 Å². The normalized spacial score (nSPS) is 22.4. The molecule has 3 heterocycles. The van der Waals surface area contributed by atoms with Crippen LogP contribution in [-0.4, -0.2) is 67.3 Å². The smallest absolute Gasteiger partial charge is 0.228 e. The van der Waals surface area contributed by atoms with Crippen molar-refractivity contribution in [2.75, 3.05) is 51.4 Å². The molecule has 2 fully saturated rings. The van der Waals surface area contributed by atoms with Crippen LogP contribution in [0.1, 0.15) is 6.42 Å². The van der Waals surface area contributed by atoms with Gasteiger partial charge in [-0.2, -0.15) is 4.98 Å². The number of anilines is 1. The van der Waals surface area contributed by atoms with Crippen LogP contribution in [0.2, 0.25) is 0 Å². The Balaban J connectivity index is 1.58. The van der Waals surface area contributed by atoms with Gasteiger partial charge >= 0.3 is 0 Å². The number of hydrogen-bond donors (Lipinski definition) is 0. The summed E-state index contributed by atoms with van der Waals surface area (Å²) < 4.78 is 10.4. The average molecular weight is 292 g/mol. The van der Waals surface area contributed by atoms with Crippen LogP contribution in [0.3, 0.4) is 0 Å². The molecule has 114 valence electrons. The van der Waals surface area contributed by atoms with Crippen LogP contribution < -0.4 is 9.64 Å². The first-order valence-corrected chi connectivity index (χ1v) is 7.26. The molecular formula is C14H20N4O3. The lowest BCUT2D eigenvalue weighted by Crippen LogP contribution is -2.51. The van der Waals surface area contributed by atoms with E-state index in [0.29, 0.717) is 38.1 Å². The van der Waals surface area contributed by atoms with Crippen LogP contribution in [0.15, 0.2) is 12.3 Å². The van der Waals surface area contributed by atoms with Crippen molar-refractivity contribution in [3.05, 3.63) is 12.3 Å². The summed E-state index contributed by atoms with van der Waals surface area (Å²) in [5.74, 6) is 1.48. The minimum atomic E-state index is 0.0459. The predicted molar refractivity (Wildman–Crippen MR) is 76.3 cm³/mol. The molecule has 0 aliphatic carbocycles. The Bertz CT molecular complexity index is 497. The first-order chi connectivity index (χ1) is 10.3. The molecule has 2 aliphatic rings. The fraction of sp³-hybridized carbons (Fsp3) is 0.643. The summed E-state index contributed by atoms with van der Waals surface area (Å²) in [5, 5.41) is 0. The number of carbonyl (C=O) groups excluding carboxylic acids is 1. The molecule has 7 nitrogen and oxygen atoms in total. The number of rotatable bonds is 3. The van der Waals surface area contributed by atoms with E-state index in [1.165, 1.54) is 0 Å². The van der Waals surface area contributed by atoms with Crippen LogP contribution in [0.5, 0.6) is 5.88 Å². The maximum Gasteiger partial charge on any atom is 0.228 e. The minimum absolute atomic E-state index is 0.0459. The topological polar surface area (TPSA) is 67.8 Å². The van der Waals surface area contributed by atoms with Gasteiger partial charge in [-0.05, 0) is 6.42 Å². The van der Waals surface area contributed by atoms with Gasteiger partial charge in [0.25, 0.3) is 0 Å². The lowest BCUT2D eigenvalue weighted by atomic mass is 10.1. The molecule has 0 radical (unpaired) electrons. The van der Waals surface area contributed by atoms with E-state index in [9.17, 15) is 4.79 Å². The SMILES string of the molecule is COc1ccnc(N2CCN(C(=O)C3CCOC3)CC2)n1. The predicted octanol–water partition coefficient (Wildman–Crippen LogP) is 0.170. The second-order valence-electron chi connectivity index (χ2n) is 5.27. The fourth-order valence-electron chi connectivity index (χ4n) is 2.71. The van der Waals surface area contributed by atoms with Crippen molar-refractivity contribution >= 4 is 11.9 Å².